The van der Waals surface area contributed by atoms with Crippen LogP contribution in [0.5, 0.6) is 5.75 Å². The summed E-state index contributed by atoms with van der Waals surface area (Å²) in [5.74, 6) is 1.12. The second kappa shape index (κ2) is 6.92. The molecule has 4 nitrogen and oxygen atoms in total. The van der Waals surface area contributed by atoms with Crippen molar-refractivity contribution in [2.75, 3.05) is 6.54 Å². The zero-order valence-electron chi connectivity index (χ0n) is 13.4. The molecular formula is C17H22N2O2S. The normalized spacial score (nSPS) is 16.8. The number of thiocarbonyl (C=S) groups is 1. The molecule has 1 aliphatic rings. The van der Waals surface area contributed by atoms with E-state index in [0.29, 0.717) is 23.3 Å². The number of hydrogen-bond donors (Lipinski definition) is 1. The van der Waals surface area contributed by atoms with Gasteiger partial charge in [0.1, 0.15) is 11.4 Å². The second-order valence-corrected chi connectivity index (χ2v) is 6.42. The van der Waals surface area contributed by atoms with Gasteiger partial charge in [0, 0.05) is 6.54 Å². The van der Waals surface area contributed by atoms with Gasteiger partial charge < -0.3 is 10.1 Å². The van der Waals surface area contributed by atoms with Crippen molar-refractivity contribution in [3.05, 3.63) is 35.5 Å². The van der Waals surface area contributed by atoms with E-state index >= 15 is 0 Å². The van der Waals surface area contributed by atoms with Crippen molar-refractivity contribution in [1.82, 2.24) is 10.2 Å². The van der Waals surface area contributed by atoms with Crippen LogP contribution in [0.25, 0.3) is 6.08 Å². The largest absolute Gasteiger partial charge is 0.491 e. The van der Waals surface area contributed by atoms with Crippen LogP contribution in [0.2, 0.25) is 0 Å². The predicted molar refractivity (Wildman–Crippen MR) is 92.5 cm³/mol. The van der Waals surface area contributed by atoms with Gasteiger partial charge in [0.2, 0.25) is 0 Å². The topological polar surface area (TPSA) is 41.6 Å². The minimum absolute atomic E-state index is 0.0683. The van der Waals surface area contributed by atoms with E-state index in [0.717, 1.165) is 11.3 Å². The molecule has 1 heterocycles. The van der Waals surface area contributed by atoms with E-state index in [2.05, 4.69) is 19.2 Å². The van der Waals surface area contributed by atoms with Gasteiger partial charge in [-0.2, -0.15) is 0 Å². The molecule has 1 N–H and O–H groups in total. The van der Waals surface area contributed by atoms with Crippen LogP contribution in [-0.2, 0) is 4.79 Å². The zero-order valence-corrected chi connectivity index (χ0v) is 14.2. The van der Waals surface area contributed by atoms with E-state index in [-0.39, 0.29) is 12.0 Å². The van der Waals surface area contributed by atoms with E-state index in [9.17, 15) is 4.79 Å². The van der Waals surface area contributed by atoms with Crippen molar-refractivity contribution in [1.29, 1.82) is 0 Å². The average molecular weight is 318 g/mol. The fourth-order valence-electron chi connectivity index (χ4n) is 2.18. The van der Waals surface area contributed by atoms with Crippen LogP contribution < -0.4 is 10.1 Å². The molecule has 5 heteroatoms. The first-order chi connectivity index (χ1) is 10.4. The fraction of sp³-hybridized carbons (Fsp3) is 0.412. The van der Waals surface area contributed by atoms with Crippen LogP contribution in [0.3, 0.4) is 0 Å². The molecule has 22 heavy (non-hydrogen) atoms. The quantitative estimate of drug-likeness (QED) is 0.669. The number of benzene rings is 1. The first-order valence-electron chi connectivity index (χ1n) is 7.48. The Morgan fingerprint density at radius 2 is 1.86 bits per heavy atom. The zero-order chi connectivity index (χ0) is 16.3. The van der Waals surface area contributed by atoms with E-state index in [1.54, 1.807) is 4.90 Å². The Balaban J connectivity index is 2.13. The van der Waals surface area contributed by atoms with E-state index in [1.807, 2.05) is 44.2 Å². The Morgan fingerprint density at radius 1 is 1.23 bits per heavy atom. The van der Waals surface area contributed by atoms with Crippen LogP contribution in [0.15, 0.2) is 30.0 Å². The van der Waals surface area contributed by atoms with Crippen molar-refractivity contribution in [3.63, 3.8) is 0 Å². The third-order valence-electron chi connectivity index (χ3n) is 3.07. The lowest BCUT2D eigenvalue weighted by atomic mass is 10.1. The van der Waals surface area contributed by atoms with Gasteiger partial charge in [-0.15, -0.1) is 0 Å². The monoisotopic (exact) mass is 318 g/mol. The molecule has 0 atom stereocenters. The van der Waals surface area contributed by atoms with Crippen molar-refractivity contribution in [3.8, 4) is 5.75 Å². The first kappa shape index (κ1) is 16.5. The highest BCUT2D eigenvalue weighted by molar-refractivity contribution is 7.80. The van der Waals surface area contributed by atoms with Crippen molar-refractivity contribution in [2.24, 2.45) is 5.92 Å². The van der Waals surface area contributed by atoms with Gasteiger partial charge in [-0.25, -0.2) is 0 Å². The van der Waals surface area contributed by atoms with Crippen LogP contribution in [0.4, 0.5) is 0 Å². The molecule has 1 aromatic rings. The van der Waals surface area contributed by atoms with Crippen LogP contribution >= 0.6 is 12.2 Å². The van der Waals surface area contributed by atoms with Crippen LogP contribution in [0, 0.1) is 5.92 Å². The molecule has 0 saturated carbocycles. The lowest BCUT2D eigenvalue weighted by Gasteiger charge is -2.15. The lowest BCUT2D eigenvalue weighted by Crippen LogP contribution is -2.33. The average Bonchev–Trinajstić information content (AvgIpc) is 2.68. The highest BCUT2D eigenvalue weighted by Gasteiger charge is 2.30. The maximum atomic E-state index is 12.4. The predicted octanol–water partition coefficient (Wildman–Crippen LogP) is 3.19. The third-order valence-corrected chi connectivity index (χ3v) is 3.40. The minimum Gasteiger partial charge on any atom is -0.491 e. The van der Waals surface area contributed by atoms with Gasteiger partial charge in [0.25, 0.3) is 5.91 Å². The Bertz CT molecular complexity index is 591. The Labute approximate surface area is 137 Å². The van der Waals surface area contributed by atoms with E-state index < -0.39 is 0 Å². The lowest BCUT2D eigenvalue weighted by molar-refractivity contribution is -0.122. The van der Waals surface area contributed by atoms with Gasteiger partial charge in [0.15, 0.2) is 5.11 Å². The Kier molecular flexibility index (Phi) is 5.19. The Morgan fingerprint density at radius 3 is 2.41 bits per heavy atom. The van der Waals surface area contributed by atoms with Crippen molar-refractivity contribution >= 4 is 29.3 Å². The summed E-state index contributed by atoms with van der Waals surface area (Å²) in [5, 5.41) is 3.47. The summed E-state index contributed by atoms with van der Waals surface area (Å²) in [6.07, 6.45) is 1.96. The first-order valence-corrected chi connectivity index (χ1v) is 7.89. The summed E-state index contributed by atoms with van der Waals surface area (Å²) in [6, 6.07) is 7.65. The van der Waals surface area contributed by atoms with E-state index in [1.165, 1.54) is 0 Å². The fourth-order valence-corrected chi connectivity index (χ4v) is 2.45. The molecule has 1 fully saturated rings. The Hall–Kier alpha value is -1.88. The van der Waals surface area contributed by atoms with Gasteiger partial charge in [-0.3, -0.25) is 9.69 Å². The summed E-state index contributed by atoms with van der Waals surface area (Å²) >= 11 is 5.23. The number of nitrogens with one attached hydrogen (secondary N) is 1. The minimum atomic E-state index is -0.0683. The molecule has 0 bridgehead atoms. The summed E-state index contributed by atoms with van der Waals surface area (Å²) in [6.45, 7) is 8.72. The molecule has 0 spiro atoms. The number of amides is 1. The molecule has 1 aliphatic heterocycles. The number of rotatable bonds is 5. The molecule has 1 amide bonds. The van der Waals surface area contributed by atoms with Gasteiger partial charge in [0.05, 0.1) is 6.10 Å². The number of nitrogens with zero attached hydrogens (tertiary/aromatic N) is 1. The smallest absolute Gasteiger partial charge is 0.276 e. The number of ether oxygens (including phenoxy) is 1. The highest BCUT2D eigenvalue weighted by Crippen LogP contribution is 2.18. The second-order valence-electron chi connectivity index (χ2n) is 6.03. The summed E-state index contributed by atoms with van der Waals surface area (Å²) < 4.78 is 5.61. The standard InChI is InChI=1S/C17H22N2O2S/c1-11(2)10-19-16(20)15(18-17(19)22)9-13-5-7-14(8-6-13)21-12(3)4/h5-9,11-12H,10H2,1-4H3,(H,18,22)/b15-9+. The molecule has 0 radical (unpaired) electrons. The molecule has 1 saturated heterocycles. The number of hydrogen-bond acceptors (Lipinski definition) is 3. The van der Waals surface area contributed by atoms with Gasteiger partial charge in [-0.1, -0.05) is 26.0 Å². The number of carbonyl (C=O) groups is 1. The van der Waals surface area contributed by atoms with Gasteiger partial charge in [-0.05, 0) is 55.8 Å². The SMILES string of the molecule is CC(C)CN1C(=O)/C(=C\c2ccc(OC(C)C)cc2)NC1=S. The third kappa shape index (κ3) is 4.07. The summed E-state index contributed by atoms with van der Waals surface area (Å²) in [7, 11) is 0. The molecule has 0 unspecified atom stereocenters. The molecule has 2 rings (SSSR count). The van der Waals surface area contributed by atoms with Crippen molar-refractivity contribution in [2.45, 2.75) is 33.8 Å². The maximum Gasteiger partial charge on any atom is 0.276 e. The molecule has 118 valence electrons. The van der Waals surface area contributed by atoms with Crippen molar-refractivity contribution < 1.29 is 9.53 Å². The van der Waals surface area contributed by atoms with Crippen LogP contribution in [0.1, 0.15) is 33.3 Å². The van der Waals surface area contributed by atoms with E-state index in [4.69, 9.17) is 17.0 Å². The highest BCUT2D eigenvalue weighted by atomic mass is 32.1. The number of carbonyl (C=O) groups excluding carboxylic acids is 1. The molecule has 0 aliphatic carbocycles. The summed E-state index contributed by atoms with van der Waals surface area (Å²) in [5.41, 5.74) is 1.45. The van der Waals surface area contributed by atoms with Crippen LogP contribution in [-0.4, -0.2) is 28.6 Å². The molecule has 0 aromatic heterocycles. The molecule has 1 aromatic carbocycles. The summed E-state index contributed by atoms with van der Waals surface area (Å²) in [4.78, 5) is 14.0. The molecular weight excluding hydrogens is 296 g/mol. The van der Waals surface area contributed by atoms with Gasteiger partial charge >= 0.3 is 0 Å². The maximum absolute atomic E-state index is 12.4.